The third-order valence-corrected chi connectivity index (χ3v) is 3.43. The molecular formula is C13H22N2O. The zero-order chi connectivity index (χ0) is 11.5. The number of nitrogens with two attached hydrogens (primary N) is 1. The zero-order valence-electron chi connectivity index (χ0n) is 10.3. The molecule has 2 N–H and O–H groups in total. The van der Waals surface area contributed by atoms with Crippen molar-refractivity contribution in [1.82, 2.24) is 4.57 Å². The highest BCUT2D eigenvalue weighted by molar-refractivity contribution is 5.28. The molecule has 90 valence electrons. The molecule has 0 aromatic carbocycles. The van der Waals surface area contributed by atoms with Gasteiger partial charge in [-0.3, -0.25) is 0 Å². The van der Waals surface area contributed by atoms with Crippen LogP contribution in [0.3, 0.4) is 0 Å². The largest absolute Gasteiger partial charge is 0.380 e. The molecule has 0 saturated carbocycles. The van der Waals surface area contributed by atoms with Crippen LogP contribution in [0.2, 0.25) is 0 Å². The van der Waals surface area contributed by atoms with E-state index in [9.17, 15) is 0 Å². The molecule has 3 nitrogen and oxygen atoms in total. The average Bonchev–Trinajstić information content (AvgIpc) is 2.71. The fourth-order valence-electron chi connectivity index (χ4n) is 2.53. The van der Waals surface area contributed by atoms with E-state index in [-0.39, 0.29) is 6.04 Å². The van der Waals surface area contributed by atoms with E-state index in [2.05, 4.69) is 23.8 Å². The second-order valence-electron chi connectivity index (χ2n) is 4.63. The zero-order valence-corrected chi connectivity index (χ0v) is 10.3. The molecule has 0 spiro atoms. The van der Waals surface area contributed by atoms with Gasteiger partial charge >= 0.3 is 0 Å². The first-order valence-electron chi connectivity index (χ1n) is 6.27. The lowest BCUT2D eigenvalue weighted by atomic mass is 9.93. The minimum absolute atomic E-state index is 0.240. The van der Waals surface area contributed by atoms with Crippen molar-refractivity contribution >= 4 is 0 Å². The topological polar surface area (TPSA) is 40.2 Å². The highest BCUT2D eigenvalue weighted by Gasteiger charge is 2.21. The minimum atomic E-state index is 0.240. The van der Waals surface area contributed by atoms with Crippen LogP contribution in [-0.2, 0) is 11.2 Å². The van der Waals surface area contributed by atoms with Crippen LogP contribution in [0.25, 0.3) is 0 Å². The van der Waals surface area contributed by atoms with Crippen molar-refractivity contribution < 1.29 is 4.74 Å². The minimum Gasteiger partial charge on any atom is -0.380 e. The summed E-state index contributed by atoms with van der Waals surface area (Å²) in [6.07, 6.45) is 5.66. The smallest absolute Gasteiger partial charge is 0.0671 e. The predicted molar refractivity (Wildman–Crippen MR) is 65.5 cm³/mol. The standard InChI is InChI=1S/C13H22N2O/c1-3-16-9-10(2)15-8-7-11-12(14)5-4-6-13(11)15/h7-8,10,12H,3-6,9,14H2,1-2H3. The summed E-state index contributed by atoms with van der Waals surface area (Å²) in [6, 6.07) is 2.83. The van der Waals surface area contributed by atoms with E-state index >= 15 is 0 Å². The summed E-state index contributed by atoms with van der Waals surface area (Å²) in [5.74, 6) is 0. The molecule has 3 heteroatoms. The monoisotopic (exact) mass is 222 g/mol. The van der Waals surface area contributed by atoms with Gasteiger partial charge in [0.25, 0.3) is 0 Å². The van der Waals surface area contributed by atoms with Crippen molar-refractivity contribution in [2.45, 2.75) is 45.2 Å². The van der Waals surface area contributed by atoms with Gasteiger partial charge in [0.15, 0.2) is 0 Å². The predicted octanol–water partition coefficient (Wildman–Crippen LogP) is 2.42. The molecule has 1 aromatic heterocycles. The molecule has 1 heterocycles. The van der Waals surface area contributed by atoms with Crippen LogP contribution in [-0.4, -0.2) is 17.8 Å². The van der Waals surface area contributed by atoms with Gasteiger partial charge in [0.1, 0.15) is 0 Å². The van der Waals surface area contributed by atoms with E-state index in [1.165, 1.54) is 17.7 Å². The first-order valence-corrected chi connectivity index (χ1v) is 6.27. The Kier molecular flexibility index (Phi) is 3.66. The van der Waals surface area contributed by atoms with Crippen LogP contribution < -0.4 is 5.73 Å². The van der Waals surface area contributed by atoms with E-state index in [1.54, 1.807) is 0 Å². The highest BCUT2D eigenvalue weighted by Crippen LogP contribution is 2.30. The van der Waals surface area contributed by atoms with Crippen LogP contribution in [0.1, 0.15) is 50.0 Å². The lowest BCUT2D eigenvalue weighted by Gasteiger charge is -2.23. The van der Waals surface area contributed by atoms with Gasteiger partial charge in [0.2, 0.25) is 0 Å². The summed E-state index contributed by atoms with van der Waals surface area (Å²) in [5.41, 5.74) is 8.88. The molecule has 0 bridgehead atoms. The normalized spacial score (nSPS) is 21.8. The summed E-state index contributed by atoms with van der Waals surface area (Å²) >= 11 is 0. The molecule has 2 atom stereocenters. The Morgan fingerprint density at radius 2 is 2.44 bits per heavy atom. The van der Waals surface area contributed by atoms with Crippen LogP contribution in [0, 0.1) is 0 Å². The summed E-state index contributed by atoms with van der Waals surface area (Å²) in [6.45, 7) is 5.81. The van der Waals surface area contributed by atoms with Gasteiger partial charge in [-0.05, 0) is 44.7 Å². The Morgan fingerprint density at radius 1 is 1.62 bits per heavy atom. The molecule has 0 amide bonds. The number of fused-ring (bicyclic) bond motifs is 1. The van der Waals surface area contributed by atoms with Crippen molar-refractivity contribution in [3.63, 3.8) is 0 Å². The molecule has 0 radical (unpaired) electrons. The molecular weight excluding hydrogens is 200 g/mol. The van der Waals surface area contributed by atoms with Gasteiger partial charge in [-0.2, -0.15) is 0 Å². The Bertz CT molecular complexity index is 346. The van der Waals surface area contributed by atoms with Crippen LogP contribution in [0.4, 0.5) is 0 Å². The fourth-order valence-corrected chi connectivity index (χ4v) is 2.53. The first-order chi connectivity index (χ1) is 7.74. The number of hydrogen-bond donors (Lipinski definition) is 1. The van der Waals surface area contributed by atoms with Crippen LogP contribution in [0.15, 0.2) is 12.3 Å². The van der Waals surface area contributed by atoms with Gasteiger partial charge in [0.05, 0.1) is 12.6 Å². The van der Waals surface area contributed by atoms with Gasteiger partial charge in [-0.1, -0.05) is 0 Å². The van der Waals surface area contributed by atoms with Crippen molar-refractivity contribution in [2.24, 2.45) is 5.73 Å². The lowest BCUT2D eigenvalue weighted by Crippen LogP contribution is -2.20. The average molecular weight is 222 g/mol. The van der Waals surface area contributed by atoms with Gasteiger partial charge in [-0.25, -0.2) is 0 Å². The van der Waals surface area contributed by atoms with Crippen LogP contribution >= 0.6 is 0 Å². The van der Waals surface area contributed by atoms with Crippen molar-refractivity contribution in [3.05, 3.63) is 23.5 Å². The number of rotatable bonds is 4. The number of hydrogen-bond acceptors (Lipinski definition) is 2. The Morgan fingerprint density at radius 3 is 3.19 bits per heavy atom. The molecule has 2 rings (SSSR count). The third-order valence-electron chi connectivity index (χ3n) is 3.43. The van der Waals surface area contributed by atoms with Crippen molar-refractivity contribution in [3.8, 4) is 0 Å². The quantitative estimate of drug-likeness (QED) is 0.850. The van der Waals surface area contributed by atoms with Crippen LogP contribution in [0.5, 0.6) is 0 Å². The maximum atomic E-state index is 6.12. The van der Waals surface area contributed by atoms with E-state index in [0.717, 1.165) is 26.1 Å². The Hall–Kier alpha value is -0.800. The highest BCUT2D eigenvalue weighted by atomic mass is 16.5. The molecule has 1 aliphatic carbocycles. The molecule has 2 unspecified atom stereocenters. The van der Waals surface area contributed by atoms with E-state index in [1.807, 2.05) is 6.92 Å². The molecule has 16 heavy (non-hydrogen) atoms. The Balaban J connectivity index is 2.16. The van der Waals surface area contributed by atoms with E-state index < -0.39 is 0 Å². The molecule has 0 saturated heterocycles. The third kappa shape index (κ3) is 2.15. The van der Waals surface area contributed by atoms with E-state index in [4.69, 9.17) is 10.5 Å². The van der Waals surface area contributed by atoms with Gasteiger partial charge < -0.3 is 15.0 Å². The van der Waals surface area contributed by atoms with Crippen molar-refractivity contribution in [2.75, 3.05) is 13.2 Å². The summed E-state index contributed by atoms with van der Waals surface area (Å²) in [4.78, 5) is 0. The van der Waals surface area contributed by atoms with Gasteiger partial charge in [0, 0.05) is 24.5 Å². The first kappa shape index (κ1) is 11.7. The summed E-state index contributed by atoms with van der Waals surface area (Å²) < 4.78 is 7.82. The molecule has 1 aliphatic rings. The number of nitrogens with zero attached hydrogens (tertiary/aromatic N) is 1. The molecule has 0 fully saturated rings. The Labute approximate surface area is 97.6 Å². The lowest BCUT2D eigenvalue weighted by molar-refractivity contribution is 0.118. The molecule has 1 aromatic rings. The second kappa shape index (κ2) is 5.02. The summed E-state index contributed by atoms with van der Waals surface area (Å²) in [5, 5.41) is 0. The maximum absolute atomic E-state index is 6.12. The maximum Gasteiger partial charge on any atom is 0.0671 e. The van der Waals surface area contributed by atoms with E-state index in [0.29, 0.717) is 6.04 Å². The SMILES string of the molecule is CCOCC(C)n1ccc2c1CCCC2N. The fraction of sp³-hybridized carbons (Fsp3) is 0.692. The second-order valence-corrected chi connectivity index (χ2v) is 4.63. The van der Waals surface area contributed by atoms with Crippen molar-refractivity contribution in [1.29, 1.82) is 0 Å². The number of ether oxygens (including phenoxy) is 1. The number of aromatic nitrogens is 1. The summed E-state index contributed by atoms with van der Waals surface area (Å²) in [7, 11) is 0. The van der Waals surface area contributed by atoms with Gasteiger partial charge in [-0.15, -0.1) is 0 Å². The molecule has 0 aliphatic heterocycles.